The van der Waals surface area contributed by atoms with Gasteiger partial charge in [0.2, 0.25) is 0 Å². The molecule has 0 saturated heterocycles. The molecular weight excluding hydrogens is 448 g/mol. The highest BCUT2D eigenvalue weighted by Crippen LogP contribution is 2.31. The first-order valence-electron chi connectivity index (χ1n) is 10.7. The Labute approximate surface area is 201 Å². The van der Waals surface area contributed by atoms with E-state index < -0.39 is 12.0 Å². The third-order valence-corrected chi connectivity index (χ3v) is 6.34. The van der Waals surface area contributed by atoms with Crippen LogP contribution in [-0.4, -0.2) is 24.3 Å². The summed E-state index contributed by atoms with van der Waals surface area (Å²) in [4.78, 5) is 31.6. The summed E-state index contributed by atoms with van der Waals surface area (Å²) in [7, 11) is 1.59. The van der Waals surface area contributed by atoms with Crippen molar-refractivity contribution in [3.63, 3.8) is 0 Å². The fourth-order valence-corrected chi connectivity index (χ4v) is 4.72. The fraction of sp³-hybridized carbons (Fsp3) is 0.148. The number of benzene rings is 2. The Morgan fingerprint density at radius 1 is 1.18 bits per heavy atom. The molecule has 0 saturated carbocycles. The van der Waals surface area contributed by atoms with Gasteiger partial charge in [-0.25, -0.2) is 9.79 Å². The molecule has 7 heteroatoms. The third-order valence-electron chi connectivity index (χ3n) is 5.34. The number of rotatable bonds is 7. The largest absolute Gasteiger partial charge is 0.497 e. The number of esters is 1. The maximum Gasteiger partial charge on any atom is 0.338 e. The summed E-state index contributed by atoms with van der Waals surface area (Å²) in [5.74, 6) is 0.152. The van der Waals surface area contributed by atoms with Gasteiger partial charge in [-0.1, -0.05) is 78.6 Å². The van der Waals surface area contributed by atoms with E-state index in [-0.39, 0.29) is 12.2 Å². The summed E-state index contributed by atoms with van der Waals surface area (Å²) in [5.41, 5.74) is 2.41. The highest BCUT2D eigenvalue weighted by molar-refractivity contribution is 7.07. The fourth-order valence-electron chi connectivity index (χ4n) is 3.72. The van der Waals surface area contributed by atoms with Crippen LogP contribution in [0.1, 0.15) is 24.1 Å². The Balaban J connectivity index is 1.84. The van der Waals surface area contributed by atoms with E-state index in [4.69, 9.17) is 9.47 Å². The molecule has 1 aromatic heterocycles. The zero-order valence-electron chi connectivity index (χ0n) is 18.9. The van der Waals surface area contributed by atoms with Crippen LogP contribution in [0, 0.1) is 0 Å². The zero-order valence-corrected chi connectivity index (χ0v) is 19.7. The monoisotopic (exact) mass is 472 g/mol. The molecule has 0 bridgehead atoms. The highest BCUT2D eigenvalue weighted by Gasteiger charge is 2.33. The summed E-state index contributed by atoms with van der Waals surface area (Å²) < 4.78 is 12.7. The summed E-state index contributed by atoms with van der Waals surface area (Å²) >= 11 is 1.29. The lowest BCUT2D eigenvalue weighted by molar-refractivity contribution is -0.138. The predicted octanol–water partition coefficient (Wildman–Crippen LogP) is 3.64. The Kier molecular flexibility index (Phi) is 7.04. The van der Waals surface area contributed by atoms with E-state index >= 15 is 0 Å². The van der Waals surface area contributed by atoms with Gasteiger partial charge in [-0.15, -0.1) is 0 Å². The van der Waals surface area contributed by atoms with E-state index in [1.807, 2.05) is 54.6 Å². The average Bonchev–Trinajstić information content (AvgIpc) is 3.17. The number of hydrogen-bond donors (Lipinski definition) is 0. The van der Waals surface area contributed by atoms with Crippen molar-refractivity contribution in [1.29, 1.82) is 0 Å². The van der Waals surface area contributed by atoms with Gasteiger partial charge in [0.05, 0.1) is 29.0 Å². The maximum atomic E-state index is 13.5. The second-order valence-corrected chi connectivity index (χ2v) is 8.54. The number of carbonyl (C=O) groups excluding carboxylic acids is 1. The van der Waals surface area contributed by atoms with E-state index in [9.17, 15) is 9.59 Å². The molecule has 0 aliphatic carbocycles. The Morgan fingerprint density at radius 3 is 2.59 bits per heavy atom. The summed E-state index contributed by atoms with van der Waals surface area (Å²) in [6.07, 6.45) is 7.06. The molecule has 2 aromatic carbocycles. The number of methoxy groups -OCH3 is 1. The molecule has 3 aromatic rings. The molecule has 1 unspecified atom stereocenters. The normalized spacial score (nSPS) is 15.7. The first-order valence-corrected chi connectivity index (χ1v) is 11.5. The van der Waals surface area contributed by atoms with Crippen LogP contribution in [0.5, 0.6) is 5.75 Å². The van der Waals surface area contributed by atoms with Gasteiger partial charge in [0.1, 0.15) is 12.4 Å². The van der Waals surface area contributed by atoms with Crippen LogP contribution in [0.2, 0.25) is 0 Å². The van der Waals surface area contributed by atoms with Crippen molar-refractivity contribution in [2.45, 2.75) is 13.0 Å². The van der Waals surface area contributed by atoms with Gasteiger partial charge >= 0.3 is 5.97 Å². The van der Waals surface area contributed by atoms with Crippen molar-refractivity contribution in [2.24, 2.45) is 4.99 Å². The standard InChI is InChI=1S/C27H24N2O4S/c1-4-17-33-26(31)23-18(2)28-27-29(24(23)20-13-15-21(32-3)16-14-20)25(30)22(34-27)12-8-11-19-9-6-5-7-10-19/h4-16,24H,1,17H2,2-3H3/b11-8+,22-12-. The molecule has 2 heterocycles. The van der Waals surface area contributed by atoms with E-state index in [0.717, 1.165) is 11.1 Å². The van der Waals surface area contributed by atoms with E-state index in [0.29, 0.717) is 26.4 Å². The maximum absolute atomic E-state index is 13.5. The van der Waals surface area contributed by atoms with E-state index in [1.54, 1.807) is 36.8 Å². The third kappa shape index (κ3) is 4.70. The minimum Gasteiger partial charge on any atom is -0.497 e. The quantitative estimate of drug-likeness (QED) is 0.389. The van der Waals surface area contributed by atoms with Crippen LogP contribution in [0.15, 0.2) is 94.4 Å². The first kappa shape index (κ1) is 23.2. The molecule has 0 N–H and O–H groups in total. The van der Waals surface area contributed by atoms with Crippen molar-refractivity contribution < 1.29 is 14.3 Å². The van der Waals surface area contributed by atoms with Crippen molar-refractivity contribution in [3.05, 3.63) is 115 Å². The number of aromatic nitrogens is 1. The summed E-state index contributed by atoms with van der Waals surface area (Å²) in [6, 6.07) is 16.5. The number of fused-ring (bicyclic) bond motifs is 1. The molecule has 1 atom stereocenters. The Morgan fingerprint density at radius 2 is 1.91 bits per heavy atom. The zero-order chi connectivity index (χ0) is 24.1. The lowest BCUT2D eigenvalue weighted by Crippen LogP contribution is -2.39. The molecule has 4 rings (SSSR count). The van der Waals surface area contributed by atoms with Gasteiger partial charge in [-0.05, 0) is 36.3 Å². The average molecular weight is 473 g/mol. The van der Waals surface area contributed by atoms with Crippen LogP contribution in [0.4, 0.5) is 0 Å². The lowest BCUT2D eigenvalue weighted by Gasteiger charge is -2.24. The van der Waals surface area contributed by atoms with Gasteiger partial charge in [-0.3, -0.25) is 9.36 Å². The molecule has 172 valence electrons. The predicted molar refractivity (Wildman–Crippen MR) is 134 cm³/mol. The van der Waals surface area contributed by atoms with Crippen LogP contribution >= 0.6 is 11.3 Å². The minimum atomic E-state index is -0.667. The van der Waals surface area contributed by atoms with Crippen LogP contribution < -0.4 is 19.6 Å². The molecule has 1 aliphatic rings. The topological polar surface area (TPSA) is 69.9 Å². The second-order valence-electron chi connectivity index (χ2n) is 7.53. The van der Waals surface area contributed by atoms with Crippen molar-refractivity contribution in [1.82, 2.24) is 4.57 Å². The van der Waals surface area contributed by atoms with Gasteiger partial charge < -0.3 is 9.47 Å². The lowest BCUT2D eigenvalue weighted by atomic mass is 9.96. The van der Waals surface area contributed by atoms with Crippen LogP contribution in [0.3, 0.4) is 0 Å². The van der Waals surface area contributed by atoms with Crippen LogP contribution in [-0.2, 0) is 9.53 Å². The summed E-state index contributed by atoms with van der Waals surface area (Å²) in [5, 5.41) is 0. The molecule has 1 aliphatic heterocycles. The van der Waals surface area contributed by atoms with Gasteiger partial charge in [0.25, 0.3) is 5.56 Å². The van der Waals surface area contributed by atoms with Crippen molar-refractivity contribution in [2.75, 3.05) is 13.7 Å². The number of allylic oxidation sites excluding steroid dienone is 2. The van der Waals surface area contributed by atoms with Gasteiger partial charge in [-0.2, -0.15) is 0 Å². The first-order chi connectivity index (χ1) is 16.5. The number of carbonyl (C=O) groups is 1. The SMILES string of the molecule is C=CCOC(=O)C1=C(C)N=c2s/c(=C\C=C\c3ccccc3)c(=O)n2C1c1ccc(OC)cc1. The number of ether oxygens (including phenoxy) is 2. The smallest absolute Gasteiger partial charge is 0.338 e. The molecule has 0 radical (unpaired) electrons. The van der Waals surface area contributed by atoms with Crippen LogP contribution in [0.25, 0.3) is 12.2 Å². The number of nitrogens with zero attached hydrogens (tertiary/aromatic N) is 2. The highest BCUT2D eigenvalue weighted by atomic mass is 32.1. The molecular formula is C27H24N2O4S. The van der Waals surface area contributed by atoms with Gasteiger partial charge in [0.15, 0.2) is 4.80 Å². The molecule has 34 heavy (non-hydrogen) atoms. The van der Waals surface area contributed by atoms with Crippen molar-refractivity contribution in [3.8, 4) is 5.75 Å². The number of thiazole rings is 1. The van der Waals surface area contributed by atoms with E-state index in [2.05, 4.69) is 11.6 Å². The van der Waals surface area contributed by atoms with Crippen molar-refractivity contribution >= 4 is 29.5 Å². The molecule has 0 amide bonds. The number of hydrogen-bond acceptors (Lipinski definition) is 6. The minimum absolute atomic E-state index is 0.0691. The van der Waals surface area contributed by atoms with E-state index in [1.165, 1.54) is 17.4 Å². The second kappa shape index (κ2) is 10.3. The molecule has 6 nitrogen and oxygen atoms in total. The molecule has 0 fully saturated rings. The Hall–Kier alpha value is -3.97. The Bertz CT molecular complexity index is 1440. The summed E-state index contributed by atoms with van der Waals surface area (Å²) in [6.45, 7) is 5.43. The van der Waals surface area contributed by atoms with Gasteiger partial charge in [0, 0.05) is 0 Å². The molecule has 0 spiro atoms.